The topological polar surface area (TPSA) is 101 Å². The molecular weight excluding hydrogens is 348 g/mol. The molecule has 0 radical (unpaired) electrons. The summed E-state index contributed by atoms with van der Waals surface area (Å²) in [6.07, 6.45) is 1.96. The average molecular weight is 369 g/mol. The smallest absolute Gasteiger partial charge is 0.314 e. The van der Waals surface area contributed by atoms with Gasteiger partial charge in [0.2, 0.25) is 5.91 Å². The van der Waals surface area contributed by atoms with Gasteiger partial charge in [-0.25, -0.2) is 4.98 Å². The molecule has 8 nitrogen and oxygen atoms in total. The molecule has 25 heavy (non-hydrogen) atoms. The van der Waals surface area contributed by atoms with E-state index in [1.165, 1.54) is 19.4 Å². The lowest BCUT2D eigenvalue weighted by molar-refractivity contribution is -0.139. The van der Waals surface area contributed by atoms with E-state index in [4.69, 9.17) is 16.3 Å². The van der Waals surface area contributed by atoms with Crippen LogP contribution < -0.4 is 10.6 Å². The molecule has 1 aromatic heterocycles. The summed E-state index contributed by atoms with van der Waals surface area (Å²) in [5.41, 5.74) is 0. The number of nitrogens with one attached hydrogen (secondary N) is 2. The number of methoxy groups -OCH3 is 1. The zero-order chi connectivity index (χ0) is 18.4. The third-order valence-electron chi connectivity index (χ3n) is 4.02. The molecule has 0 saturated carbocycles. The van der Waals surface area contributed by atoms with Crippen molar-refractivity contribution < 1.29 is 19.1 Å². The summed E-state index contributed by atoms with van der Waals surface area (Å²) < 4.78 is 4.85. The van der Waals surface area contributed by atoms with E-state index in [2.05, 4.69) is 15.6 Å². The molecule has 1 aromatic rings. The second-order valence-corrected chi connectivity index (χ2v) is 6.37. The van der Waals surface area contributed by atoms with Crippen molar-refractivity contribution in [1.82, 2.24) is 15.2 Å². The van der Waals surface area contributed by atoms with Gasteiger partial charge in [0.25, 0.3) is 0 Å². The average Bonchev–Trinajstić information content (AvgIpc) is 2.58. The second-order valence-electron chi connectivity index (χ2n) is 5.93. The van der Waals surface area contributed by atoms with E-state index < -0.39 is 11.8 Å². The molecule has 0 aliphatic carbocycles. The van der Waals surface area contributed by atoms with Crippen LogP contribution in [0.3, 0.4) is 0 Å². The maximum absolute atomic E-state index is 12.1. The van der Waals surface area contributed by atoms with Gasteiger partial charge in [0.05, 0.1) is 5.02 Å². The Morgan fingerprint density at radius 3 is 2.72 bits per heavy atom. The number of hydrogen-bond donors (Lipinski definition) is 2. The Morgan fingerprint density at radius 1 is 1.36 bits per heavy atom. The SMILES string of the molecule is COCC(=O)N1CC[C@H](NC(=O)C(=O)Nc2ccc(Cl)cn2)[C@H](C)C1. The molecule has 1 saturated heterocycles. The van der Waals surface area contributed by atoms with Crippen molar-refractivity contribution in [2.24, 2.45) is 5.92 Å². The van der Waals surface area contributed by atoms with Crippen molar-refractivity contribution in [3.8, 4) is 0 Å². The number of amides is 3. The van der Waals surface area contributed by atoms with Gasteiger partial charge in [-0.3, -0.25) is 14.4 Å². The van der Waals surface area contributed by atoms with Crippen LogP contribution in [-0.4, -0.2) is 60.5 Å². The van der Waals surface area contributed by atoms with Crippen LogP contribution in [0, 0.1) is 5.92 Å². The van der Waals surface area contributed by atoms with Crippen LogP contribution >= 0.6 is 11.6 Å². The molecule has 2 atom stereocenters. The standard InChI is InChI=1S/C16H21ClN4O4/c1-10-8-21(14(22)9-25-2)6-5-12(10)19-15(23)16(24)20-13-4-3-11(17)7-18-13/h3-4,7,10,12H,5-6,8-9H2,1-2H3,(H,19,23)(H,18,20,24)/t10-,12+/m1/s1. The lowest BCUT2D eigenvalue weighted by Crippen LogP contribution is -2.53. The van der Waals surface area contributed by atoms with Crippen molar-refractivity contribution in [1.29, 1.82) is 0 Å². The van der Waals surface area contributed by atoms with Crippen molar-refractivity contribution >= 4 is 35.1 Å². The summed E-state index contributed by atoms with van der Waals surface area (Å²) in [6.45, 7) is 2.99. The fourth-order valence-electron chi connectivity index (χ4n) is 2.66. The molecular formula is C16H21ClN4O4. The molecule has 1 fully saturated rings. The molecule has 1 aliphatic rings. The van der Waals surface area contributed by atoms with Crippen molar-refractivity contribution in [2.45, 2.75) is 19.4 Å². The van der Waals surface area contributed by atoms with Gasteiger partial charge < -0.3 is 20.3 Å². The first-order chi connectivity index (χ1) is 11.9. The number of aromatic nitrogens is 1. The van der Waals surface area contributed by atoms with Gasteiger partial charge in [-0.05, 0) is 24.5 Å². The molecule has 1 aliphatic heterocycles. The lowest BCUT2D eigenvalue weighted by atomic mass is 9.93. The summed E-state index contributed by atoms with van der Waals surface area (Å²) >= 11 is 5.72. The predicted molar refractivity (Wildman–Crippen MR) is 92.0 cm³/mol. The number of hydrogen-bond acceptors (Lipinski definition) is 5. The Labute approximate surface area is 150 Å². The Hall–Kier alpha value is -2.19. The first-order valence-corrected chi connectivity index (χ1v) is 8.28. The number of pyridine rings is 1. The number of piperidine rings is 1. The van der Waals surface area contributed by atoms with Crippen LogP contribution in [0.1, 0.15) is 13.3 Å². The van der Waals surface area contributed by atoms with E-state index in [0.717, 1.165) is 0 Å². The summed E-state index contributed by atoms with van der Waals surface area (Å²) in [7, 11) is 1.47. The van der Waals surface area contributed by atoms with E-state index >= 15 is 0 Å². The molecule has 2 rings (SSSR count). The molecule has 3 amide bonds. The number of nitrogens with zero attached hydrogens (tertiary/aromatic N) is 2. The summed E-state index contributed by atoms with van der Waals surface area (Å²) in [4.78, 5) is 41.5. The van der Waals surface area contributed by atoms with E-state index in [1.54, 1.807) is 11.0 Å². The van der Waals surface area contributed by atoms with Crippen molar-refractivity contribution in [3.63, 3.8) is 0 Å². The normalized spacial score (nSPS) is 20.0. The Balaban J connectivity index is 1.85. The van der Waals surface area contributed by atoms with Crippen LogP contribution in [0.4, 0.5) is 5.82 Å². The second kappa shape index (κ2) is 8.77. The van der Waals surface area contributed by atoms with Crippen molar-refractivity contribution in [3.05, 3.63) is 23.4 Å². The highest BCUT2D eigenvalue weighted by Gasteiger charge is 2.30. The quantitative estimate of drug-likeness (QED) is 0.761. The summed E-state index contributed by atoms with van der Waals surface area (Å²) in [6, 6.07) is 2.90. The zero-order valence-corrected chi connectivity index (χ0v) is 14.9. The third-order valence-corrected chi connectivity index (χ3v) is 4.24. The Morgan fingerprint density at radius 2 is 2.12 bits per heavy atom. The number of rotatable bonds is 4. The fourth-order valence-corrected chi connectivity index (χ4v) is 2.77. The number of anilines is 1. The van der Waals surface area contributed by atoms with Crippen LogP contribution in [-0.2, 0) is 19.1 Å². The van der Waals surface area contributed by atoms with E-state index in [1.807, 2.05) is 6.92 Å². The maximum atomic E-state index is 12.1. The predicted octanol–water partition coefficient (Wildman–Crippen LogP) is 0.673. The van der Waals surface area contributed by atoms with Gasteiger partial charge in [0, 0.05) is 32.4 Å². The molecule has 0 bridgehead atoms. The molecule has 2 N–H and O–H groups in total. The van der Waals surface area contributed by atoms with Gasteiger partial charge in [-0.1, -0.05) is 18.5 Å². The minimum absolute atomic E-state index is 0.0277. The highest BCUT2D eigenvalue weighted by atomic mass is 35.5. The highest BCUT2D eigenvalue weighted by molar-refractivity contribution is 6.39. The number of likely N-dealkylation sites (tertiary alicyclic amines) is 1. The van der Waals surface area contributed by atoms with Gasteiger partial charge >= 0.3 is 11.8 Å². The maximum Gasteiger partial charge on any atom is 0.314 e. The number of halogens is 1. The molecule has 9 heteroatoms. The zero-order valence-electron chi connectivity index (χ0n) is 14.1. The number of carbonyl (C=O) groups is 3. The van der Waals surface area contributed by atoms with Gasteiger partial charge in [-0.15, -0.1) is 0 Å². The van der Waals surface area contributed by atoms with Gasteiger partial charge in [0.15, 0.2) is 0 Å². The molecule has 2 heterocycles. The van der Waals surface area contributed by atoms with Crippen LogP contribution in [0.2, 0.25) is 5.02 Å². The number of carbonyl (C=O) groups excluding carboxylic acids is 3. The van der Waals surface area contributed by atoms with Crippen LogP contribution in [0.25, 0.3) is 0 Å². The summed E-state index contributed by atoms with van der Waals surface area (Å²) in [5.74, 6) is -1.33. The Bertz CT molecular complexity index is 638. The third kappa shape index (κ3) is 5.40. The van der Waals surface area contributed by atoms with Crippen LogP contribution in [0.5, 0.6) is 0 Å². The fraction of sp³-hybridized carbons (Fsp3) is 0.500. The largest absolute Gasteiger partial charge is 0.375 e. The Kier molecular flexibility index (Phi) is 6.72. The van der Waals surface area contributed by atoms with Crippen molar-refractivity contribution in [2.75, 3.05) is 32.1 Å². The van der Waals surface area contributed by atoms with Gasteiger partial charge in [-0.2, -0.15) is 0 Å². The van der Waals surface area contributed by atoms with E-state index in [0.29, 0.717) is 24.5 Å². The lowest BCUT2D eigenvalue weighted by Gasteiger charge is -2.37. The first kappa shape index (κ1) is 19.1. The minimum atomic E-state index is -0.792. The van der Waals surface area contributed by atoms with E-state index in [-0.39, 0.29) is 30.3 Å². The summed E-state index contributed by atoms with van der Waals surface area (Å²) in [5, 5.41) is 5.57. The molecule has 136 valence electrons. The molecule has 0 unspecified atom stereocenters. The van der Waals surface area contributed by atoms with Crippen LogP contribution in [0.15, 0.2) is 18.3 Å². The highest BCUT2D eigenvalue weighted by Crippen LogP contribution is 2.17. The monoisotopic (exact) mass is 368 g/mol. The van der Waals surface area contributed by atoms with Gasteiger partial charge in [0.1, 0.15) is 12.4 Å². The first-order valence-electron chi connectivity index (χ1n) is 7.90. The minimum Gasteiger partial charge on any atom is -0.375 e. The number of ether oxygens (including phenoxy) is 1. The molecule has 0 aromatic carbocycles. The van der Waals surface area contributed by atoms with E-state index in [9.17, 15) is 14.4 Å². The molecule has 0 spiro atoms.